The Morgan fingerprint density at radius 3 is 2.70 bits per heavy atom. The smallest absolute Gasteiger partial charge is 0.326 e. The van der Waals surface area contributed by atoms with Crippen LogP contribution in [-0.2, 0) is 11.2 Å². The lowest BCUT2D eigenvalue weighted by molar-refractivity contribution is -0.139. The first-order chi connectivity index (χ1) is 9.52. The van der Waals surface area contributed by atoms with Gasteiger partial charge in [-0.1, -0.05) is 12.1 Å². The van der Waals surface area contributed by atoms with Crippen LogP contribution >= 0.6 is 0 Å². The summed E-state index contributed by atoms with van der Waals surface area (Å²) in [6.07, 6.45) is 0.371. The molecule has 4 N–H and O–H groups in total. The number of nitrogens with one attached hydrogen (secondary N) is 2. The van der Waals surface area contributed by atoms with Gasteiger partial charge in [-0.3, -0.25) is 0 Å². The number of amides is 2. The maximum absolute atomic E-state index is 12.9. The highest BCUT2D eigenvalue weighted by atomic mass is 19.1. The molecule has 0 saturated carbocycles. The summed E-state index contributed by atoms with van der Waals surface area (Å²) in [5, 5.41) is 22.2. The van der Waals surface area contributed by atoms with Crippen molar-refractivity contribution in [3.63, 3.8) is 0 Å². The molecule has 1 aromatic carbocycles. The lowest BCUT2D eigenvalue weighted by atomic mass is 10.1. The molecule has 0 saturated heterocycles. The lowest BCUT2D eigenvalue weighted by Gasteiger charge is -2.14. The third kappa shape index (κ3) is 5.66. The summed E-state index contributed by atoms with van der Waals surface area (Å²) in [5.41, 5.74) is 0.732. The van der Waals surface area contributed by atoms with Gasteiger partial charge in [-0.25, -0.2) is 14.0 Å². The molecule has 1 unspecified atom stereocenters. The molecule has 110 valence electrons. The number of hydrogen-bond acceptors (Lipinski definition) is 3. The zero-order chi connectivity index (χ0) is 15.0. The summed E-state index contributed by atoms with van der Waals surface area (Å²) in [6, 6.07) is 4.24. The largest absolute Gasteiger partial charge is 0.480 e. The van der Waals surface area contributed by atoms with Crippen LogP contribution in [-0.4, -0.2) is 41.4 Å². The van der Waals surface area contributed by atoms with Crippen LogP contribution < -0.4 is 10.6 Å². The fraction of sp³-hybridized carbons (Fsp3) is 0.385. The summed E-state index contributed by atoms with van der Waals surface area (Å²) in [4.78, 5) is 22.2. The molecule has 7 heteroatoms. The molecule has 6 nitrogen and oxygen atoms in total. The summed E-state index contributed by atoms with van der Waals surface area (Å²) >= 11 is 0. The van der Waals surface area contributed by atoms with E-state index >= 15 is 0 Å². The second kappa shape index (κ2) is 8.11. The van der Waals surface area contributed by atoms with Gasteiger partial charge < -0.3 is 20.8 Å². The molecule has 0 aliphatic carbocycles. The van der Waals surface area contributed by atoms with Crippen LogP contribution in [0.1, 0.15) is 12.0 Å². The third-order valence-corrected chi connectivity index (χ3v) is 2.61. The van der Waals surface area contributed by atoms with E-state index in [0.29, 0.717) is 6.42 Å². The fourth-order valence-corrected chi connectivity index (χ4v) is 1.61. The van der Waals surface area contributed by atoms with Crippen molar-refractivity contribution in [2.75, 3.05) is 13.2 Å². The maximum atomic E-state index is 12.9. The van der Waals surface area contributed by atoms with Crippen LogP contribution in [0, 0.1) is 5.82 Å². The molecular weight excluding hydrogens is 267 g/mol. The second-order valence-electron chi connectivity index (χ2n) is 4.18. The molecule has 0 aliphatic rings. The Balaban J connectivity index is 2.34. The Morgan fingerprint density at radius 1 is 1.35 bits per heavy atom. The van der Waals surface area contributed by atoms with Crippen molar-refractivity contribution in [2.45, 2.75) is 18.9 Å². The zero-order valence-electron chi connectivity index (χ0n) is 10.8. The van der Waals surface area contributed by atoms with Crippen LogP contribution in [0.5, 0.6) is 0 Å². The van der Waals surface area contributed by atoms with Gasteiger partial charge in [-0.2, -0.15) is 0 Å². The topological polar surface area (TPSA) is 98.7 Å². The predicted octanol–water partition coefficient (Wildman–Crippen LogP) is 0.503. The summed E-state index contributed by atoms with van der Waals surface area (Å²) in [6.45, 7) is -0.0821. The highest BCUT2D eigenvalue weighted by Crippen LogP contribution is 2.03. The molecule has 20 heavy (non-hydrogen) atoms. The van der Waals surface area contributed by atoms with Crippen LogP contribution in [0.15, 0.2) is 24.3 Å². The normalized spacial score (nSPS) is 11.7. The summed E-state index contributed by atoms with van der Waals surface area (Å²) in [7, 11) is 0. The Hall–Kier alpha value is -2.15. The van der Waals surface area contributed by atoms with E-state index in [-0.39, 0.29) is 25.4 Å². The molecule has 0 bridgehead atoms. The molecular formula is C13H17FN2O4. The minimum Gasteiger partial charge on any atom is -0.480 e. The lowest BCUT2D eigenvalue weighted by Crippen LogP contribution is -2.46. The predicted molar refractivity (Wildman–Crippen MR) is 69.8 cm³/mol. The van der Waals surface area contributed by atoms with E-state index in [2.05, 4.69) is 10.6 Å². The van der Waals surface area contributed by atoms with Gasteiger partial charge in [0.25, 0.3) is 0 Å². The van der Waals surface area contributed by atoms with Gasteiger partial charge in [0.05, 0.1) is 0 Å². The maximum Gasteiger partial charge on any atom is 0.326 e. The number of rotatable bonds is 7. The highest BCUT2D eigenvalue weighted by Gasteiger charge is 2.18. The Labute approximate surface area is 115 Å². The molecule has 0 radical (unpaired) electrons. The van der Waals surface area contributed by atoms with E-state index in [0.717, 1.165) is 5.56 Å². The number of carbonyl (C=O) groups excluding carboxylic acids is 1. The average molecular weight is 284 g/mol. The number of carboxylic acids is 1. The van der Waals surface area contributed by atoms with Gasteiger partial charge in [-0.05, 0) is 24.1 Å². The van der Waals surface area contributed by atoms with Crippen molar-refractivity contribution in [1.29, 1.82) is 0 Å². The van der Waals surface area contributed by atoms with E-state index in [9.17, 15) is 14.0 Å². The van der Waals surface area contributed by atoms with Gasteiger partial charge >= 0.3 is 12.0 Å². The van der Waals surface area contributed by atoms with Crippen molar-refractivity contribution < 1.29 is 24.2 Å². The van der Waals surface area contributed by atoms with E-state index < -0.39 is 18.0 Å². The number of carbonyl (C=O) groups is 2. The zero-order valence-corrected chi connectivity index (χ0v) is 10.8. The standard InChI is InChI=1S/C13H17FN2O4/c14-10-3-1-2-9(8-10)4-6-15-13(20)16-11(5-7-17)12(18)19/h1-3,8,11,17H,4-7H2,(H,18,19)(H2,15,16,20). The Kier molecular flexibility index (Phi) is 6.45. The van der Waals surface area contributed by atoms with E-state index in [1.54, 1.807) is 12.1 Å². The Bertz CT molecular complexity index is 467. The van der Waals surface area contributed by atoms with Gasteiger partial charge in [-0.15, -0.1) is 0 Å². The molecule has 1 rings (SSSR count). The van der Waals surface area contributed by atoms with Crippen LogP contribution in [0.25, 0.3) is 0 Å². The molecule has 0 fully saturated rings. The van der Waals surface area contributed by atoms with Gasteiger partial charge in [0, 0.05) is 19.6 Å². The van der Waals surface area contributed by atoms with Crippen LogP contribution in [0.4, 0.5) is 9.18 Å². The average Bonchev–Trinajstić information content (AvgIpc) is 2.38. The first kappa shape index (κ1) is 15.9. The van der Waals surface area contributed by atoms with E-state index in [4.69, 9.17) is 10.2 Å². The quantitative estimate of drug-likeness (QED) is 0.586. The number of aliphatic carboxylic acids is 1. The first-order valence-electron chi connectivity index (χ1n) is 6.15. The highest BCUT2D eigenvalue weighted by molar-refractivity contribution is 5.82. The van der Waals surface area contributed by atoms with Gasteiger partial charge in [0.1, 0.15) is 11.9 Å². The minimum absolute atomic E-state index is 0.0628. The SMILES string of the molecule is O=C(NCCc1cccc(F)c1)NC(CCO)C(=O)O. The van der Waals surface area contributed by atoms with Crippen molar-refractivity contribution in [1.82, 2.24) is 10.6 Å². The molecule has 0 heterocycles. The number of carboxylic acid groups (broad SMARTS) is 1. The molecule has 0 spiro atoms. The second-order valence-corrected chi connectivity index (χ2v) is 4.18. The van der Waals surface area contributed by atoms with E-state index in [1.165, 1.54) is 12.1 Å². The van der Waals surface area contributed by atoms with Crippen molar-refractivity contribution >= 4 is 12.0 Å². The van der Waals surface area contributed by atoms with Crippen LogP contribution in [0.3, 0.4) is 0 Å². The van der Waals surface area contributed by atoms with Crippen molar-refractivity contribution in [3.8, 4) is 0 Å². The number of aliphatic hydroxyl groups is 1. The summed E-state index contributed by atoms with van der Waals surface area (Å²) < 4.78 is 12.9. The molecule has 1 atom stereocenters. The van der Waals surface area contributed by atoms with Crippen LogP contribution in [0.2, 0.25) is 0 Å². The third-order valence-electron chi connectivity index (χ3n) is 2.61. The van der Waals surface area contributed by atoms with Crippen molar-refractivity contribution in [3.05, 3.63) is 35.6 Å². The molecule has 1 aromatic rings. The minimum atomic E-state index is -1.21. The molecule has 2 amide bonds. The molecule has 0 aromatic heterocycles. The number of hydrogen-bond donors (Lipinski definition) is 4. The van der Waals surface area contributed by atoms with Gasteiger partial charge in [0.2, 0.25) is 0 Å². The molecule has 0 aliphatic heterocycles. The number of aliphatic hydroxyl groups excluding tert-OH is 1. The summed E-state index contributed by atoms with van der Waals surface area (Å²) in [5.74, 6) is -1.56. The van der Waals surface area contributed by atoms with E-state index in [1.807, 2.05) is 0 Å². The number of urea groups is 1. The number of halogens is 1. The number of benzene rings is 1. The monoisotopic (exact) mass is 284 g/mol. The van der Waals surface area contributed by atoms with Crippen molar-refractivity contribution in [2.24, 2.45) is 0 Å². The Morgan fingerprint density at radius 2 is 2.10 bits per heavy atom. The van der Waals surface area contributed by atoms with Gasteiger partial charge in [0.15, 0.2) is 0 Å². The first-order valence-corrected chi connectivity index (χ1v) is 6.15. The fourth-order valence-electron chi connectivity index (χ4n) is 1.61.